The number of carbonyl (C=O) groups excluding carboxylic acids is 3. The van der Waals surface area contributed by atoms with E-state index in [-0.39, 0.29) is 63.5 Å². The first-order chi connectivity index (χ1) is 22.9. The van der Waals surface area contributed by atoms with Crippen molar-refractivity contribution < 1.29 is 24.3 Å². The van der Waals surface area contributed by atoms with Crippen LogP contribution < -0.4 is 44.6 Å². The first-order valence-electron chi connectivity index (χ1n) is 15.5. The maximum atomic E-state index is 13.8. The fourth-order valence-corrected chi connectivity index (χ4v) is 5.05. The summed E-state index contributed by atoms with van der Waals surface area (Å²) in [6.07, 6.45) is 2.77. The van der Waals surface area contributed by atoms with Gasteiger partial charge in [-0.3, -0.25) is 24.4 Å². The molecule has 0 spiro atoms. The maximum absolute atomic E-state index is 13.8. The number of guanidine groups is 2. The number of rotatable bonds is 19. The van der Waals surface area contributed by atoms with E-state index in [1.165, 1.54) is 0 Å². The lowest BCUT2D eigenvalue weighted by Gasteiger charge is -2.25. The number of aromatic amines is 1. The molecule has 0 aliphatic rings. The van der Waals surface area contributed by atoms with Gasteiger partial charge in [0, 0.05) is 36.6 Å². The number of aliphatic imine (C=N–C) groups is 2. The normalized spacial score (nSPS) is 13.4. The number of hydrogen-bond donors (Lipinski definition) is 10. The van der Waals surface area contributed by atoms with Gasteiger partial charge in [-0.25, -0.2) is 4.79 Å². The van der Waals surface area contributed by atoms with Gasteiger partial charge < -0.3 is 54.7 Å². The molecule has 1 heterocycles. The molecule has 0 fully saturated rings. The number of carboxylic acid groups (broad SMARTS) is 1. The van der Waals surface area contributed by atoms with E-state index in [2.05, 4.69) is 30.9 Å². The highest BCUT2D eigenvalue weighted by Gasteiger charge is 2.30. The number of carbonyl (C=O) groups is 4. The van der Waals surface area contributed by atoms with Crippen molar-refractivity contribution in [2.45, 2.75) is 62.7 Å². The highest BCUT2D eigenvalue weighted by atomic mass is 16.4. The van der Waals surface area contributed by atoms with Gasteiger partial charge in [-0.05, 0) is 49.3 Å². The van der Waals surface area contributed by atoms with Crippen LogP contribution in [0.2, 0.25) is 0 Å². The van der Waals surface area contributed by atoms with Gasteiger partial charge in [0.25, 0.3) is 0 Å². The number of nitrogens with two attached hydrogens (primary N) is 5. The van der Waals surface area contributed by atoms with Gasteiger partial charge in [-0.15, -0.1) is 0 Å². The maximum Gasteiger partial charge on any atom is 0.326 e. The van der Waals surface area contributed by atoms with E-state index in [9.17, 15) is 24.3 Å². The van der Waals surface area contributed by atoms with Crippen LogP contribution in [0.5, 0.6) is 0 Å². The number of amides is 3. The minimum absolute atomic E-state index is 0.0352. The third-order valence-corrected chi connectivity index (χ3v) is 7.51. The van der Waals surface area contributed by atoms with E-state index in [0.717, 1.165) is 22.0 Å². The van der Waals surface area contributed by atoms with Crippen molar-refractivity contribution in [3.05, 3.63) is 71.9 Å². The van der Waals surface area contributed by atoms with Crippen LogP contribution in [0, 0.1) is 0 Å². The number of hydrogen-bond acceptors (Lipinski definition) is 7. The van der Waals surface area contributed by atoms with Crippen LogP contribution in [0.25, 0.3) is 10.9 Å². The molecule has 0 aliphatic carbocycles. The average molecular weight is 664 g/mol. The number of aromatic nitrogens is 1. The van der Waals surface area contributed by atoms with Gasteiger partial charge in [0.1, 0.15) is 18.1 Å². The fourth-order valence-electron chi connectivity index (χ4n) is 5.05. The lowest BCUT2D eigenvalue weighted by Crippen LogP contribution is -2.57. The minimum atomic E-state index is -1.27. The zero-order chi connectivity index (χ0) is 35.1. The summed E-state index contributed by atoms with van der Waals surface area (Å²) in [5.74, 6) is -3.49. The van der Waals surface area contributed by atoms with Crippen molar-refractivity contribution in [1.82, 2.24) is 20.9 Å². The number of carboxylic acids is 1. The zero-order valence-electron chi connectivity index (χ0n) is 26.6. The van der Waals surface area contributed by atoms with Crippen molar-refractivity contribution in [1.29, 1.82) is 0 Å². The number of aliphatic carboxylic acids is 1. The SMILES string of the molecule is NC(N)=NCCCC(NC(=O)C(CCCN=C(N)N)NC(=O)C(Cc1ccccc1)NC(=O)C(N)Cc1c[nH]c2ccccc12)C(=O)O. The second kappa shape index (κ2) is 18.5. The summed E-state index contributed by atoms with van der Waals surface area (Å²) >= 11 is 0. The molecule has 15 N–H and O–H groups in total. The van der Waals surface area contributed by atoms with Gasteiger partial charge >= 0.3 is 5.97 Å². The molecule has 3 rings (SSSR count). The quantitative estimate of drug-likeness (QED) is 0.0420. The molecule has 0 saturated heterocycles. The van der Waals surface area contributed by atoms with Gasteiger partial charge in [-0.2, -0.15) is 0 Å². The van der Waals surface area contributed by atoms with Crippen LogP contribution >= 0.6 is 0 Å². The second-order valence-corrected chi connectivity index (χ2v) is 11.3. The first-order valence-corrected chi connectivity index (χ1v) is 15.5. The van der Waals surface area contributed by atoms with E-state index in [0.29, 0.717) is 0 Å². The summed E-state index contributed by atoms with van der Waals surface area (Å²) < 4.78 is 0. The number of benzene rings is 2. The predicted octanol–water partition coefficient (Wildman–Crippen LogP) is -1.07. The van der Waals surface area contributed by atoms with E-state index in [1.54, 1.807) is 30.5 Å². The van der Waals surface area contributed by atoms with Gasteiger partial charge in [0.15, 0.2) is 11.9 Å². The Morgan fingerprint density at radius 3 is 1.88 bits per heavy atom. The molecule has 16 nitrogen and oxygen atoms in total. The molecule has 0 radical (unpaired) electrons. The molecule has 3 amide bonds. The van der Waals surface area contributed by atoms with E-state index in [4.69, 9.17) is 28.7 Å². The molecule has 16 heteroatoms. The molecule has 0 aliphatic heterocycles. The molecule has 4 unspecified atom stereocenters. The number of nitrogens with one attached hydrogen (secondary N) is 4. The van der Waals surface area contributed by atoms with Gasteiger partial charge in [0.05, 0.1) is 6.04 Å². The number of nitrogens with zero attached hydrogens (tertiary/aromatic N) is 2. The van der Waals surface area contributed by atoms with Crippen LogP contribution in [-0.4, -0.2) is 83.0 Å². The molecular weight excluding hydrogens is 618 g/mol. The third kappa shape index (κ3) is 11.9. The Kier molecular flexibility index (Phi) is 14.2. The smallest absolute Gasteiger partial charge is 0.326 e. The van der Waals surface area contributed by atoms with Crippen LogP contribution in [0.1, 0.15) is 36.8 Å². The summed E-state index contributed by atoms with van der Waals surface area (Å²) in [5.41, 5.74) is 30.3. The topological polar surface area (TPSA) is 295 Å². The number of H-pyrrole nitrogens is 1. The van der Waals surface area contributed by atoms with Crippen LogP contribution in [0.15, 0.2) is 70.8 Å². The van der Waals surface area contributed by atoms with Crippen LogP contribution in [0.3, 0.4) is 0 Å². The second-order valence-electron chi connectivity index (χ2n) is 11.3. The largest absolute Gasteiger partial charge is 0.480 e. The Labute approximate surface area is 278 Å². The molecule has 1 aromatic heterocycles. The Bertz CT molecular complexity index is 1580. The standard InChI is InChI=1S/C32H45N11O5/c33-22(17-20-18-40-23-11-5-4-10-21(20)23)27(44)43-26(16-19-8-2-1-3-9-19)29(46)41-24(12-6-14-38-31(34)35)28(45)42-25(30(47)48)13-7-15-39-32(36)37/h1-5,8-11,18,22,24-26,40H,6-7,12-17,33H2,(H,41,46)(H,42,45)(H,43,44)(H,47,48)(H4,34,35,38)(H4,36,37,39). The highest BCUT2D eigenvalue weighted by molar-refractivity contribution is 5.94. The van der Waals surface area contributed by atoms with Gasteiger partial charge in [0.2, 0.25) is 17.7 Å². The molecule has 0 saturated carbocycles. The van der Waals surface area contributed by atoms with Crippen molar-refractivity contribution in [2.75, 3.05) is 13.1 Å². The lowest BCUT2D eigenvalue weighted by atomic mass is 10.0. The molecule has 2 aromatic carbocycles. The fraction of sp³-hybridized carbons (Fsp3) is 0.375. The molecule has 258 valence electrons. The summed E-state index contributed by atoms with van der Waals surface area (Å²) in [6, 6.07) is 12.1. The lowest BCUT2D eigenvalue weighted by molar-refractivity contribution is -0.142. The van der Waals surface area contributed by atoms with Crippen molar-refractivity contribution >= 4 is 46.5 Å². The predicted molar refractivity (Wildman–Crippen MR) is 183 cm³/mol. The number of fused-ring (bicyclic) bond motifs is 1. The van der Waals surface area contributed by atoms with Crippen molar-refractivity contribution in [3.8, 4) is 0 Å². The summed E-state index contributed by atoms with van der Waals surface area (Å²) in [7, 11) is 0. The van der Waals surface area contributed by atoms with E-state index in [1.807, 2.05) is 30.3 Å². The van der Waals surface area contributed by atoms with Crippen LogP contribution in [-0.2, 0) is 32.0 Å². The third-order valence-electron chi connectivity index (χ3n) is 7.51. The molecule has 4 atom stereocenters. The monoisotopic (exact) mass is 663 g/mol. The summed E-state index contributed by atoms with van der Waals surface area (Å²) in [5, 5.41) is 18.6. The minimum Gasteiger partial charge on any atom is -0.480 e. The van der Waals surface area contributed by atoms with Crippen LogP contribution in [0.4, 0.5) is 0 Å². The summed E-state index contributed by atoms with van der Waals surface area (Å²) in [4.78, 5) is 63.4. The Morgan fingerprint density at radius 1 is 0.708 bits per heavy atom. The van der Waals surface area contributed by atoms with Gasteiger partial charge in [-0.1, -0.05) is 48.5 Å². The molecule has 0 bridgehead atoms. The zero-order valence-corrected chi connectivity index (χ0v) is 26.6. The summed E-state index contributed by atoms with van der Waals surface area (Å²) in [6.45, 7) is 0.333. The van der Waals surface area contributed by atoms with E-state index >= 15 is 0 Å². The van der Waals surface area contributed by atoms with Crippen molar-refractivity contribution in [2.24, 2.45) is 38.7 Å². The number of para-hydroxylation sites is 1. The Balaban J connectivity index is 1.77. The Hall–Kier alpha value is -5.64. The first kappa shape index (κ1) is 36.8. The molecule has 3 aromatic rings. The highest BCUT2D eigenvalue weighted by Crippen LogP contribution is 2.19. The Morgan fingerprint density at radius 2 is 1.25 bits per heavy atom. The molecular formula is C32H45N11O5. The van der Waals surface area contributed by atoms with E-state index < -0.39 is 47.9 Å². The molecule has 48 heavy (non-hydrogen) atoms. The average Bonchev–Trinajstić information content (AvgIpc) is 3.45. The van der Waals surface area contributed by atoms with Crippen molar-refractivity contribution in [3.63, 3.8) is 0 Å².